The van der Waals surface area contributed by atoms with E-state index >= 15 is 0 Å². The number of methoxy groups -OCH3 is 1. The number of carbonyl (C=O) groups excluding carboxylic acids is 3. The molecule has 3 aromatic rings. The number of para-hydroxylation sites is 1. The number of hydrogen-bond acceptors (Lipinski definition) is 12. The van der Waals surface area contributed by atoms with Gasteiger partial charge in [-0.25, -0.2) is 0 Å². The zero-order valence-corrected chi connectivity index (χ0v) is 28.0. The Morgan fingerprint density at radius 1 is 1.04 bits per heavy atom. The number of aliphatic hydroxyl groups excluding tert-OH is 1. The molecule has 12 nitrogen and oxygen atoms in total. The number of aliphatic hydroxyl groups is 2. The van der Waals surface area contributed by atoms with E-state index in [4.69, 9.17) is 19.9 Å². The molecule has 1 aliphatic heterocycles. The molecule has 3 aromatic carbocycles. The number of nitrogen functional groups attached to an aromatic ring is 1. The fourth-order valence-corrected chi connectivity index (χ4v) is 6.76. The summed E-state index contributed by atoms with van der Waals surface area (Å²) in [5.74, 6) is -3.19. The van der Waals surface area contributed by atoms with Crippen LogP contribution in [0, 0.1) is 0 Å². The number of aromatic hydroxyl groups is 2. The molecule has 266 valence electrons. The van der Waals surface area contributed by atoms with Crippen LogP contribution in [0.25, 0.3) is 0 Å². The first-order valence-electron chi connectivity index (χ1n) is 15.0. The number of phenols is 2. The van der Waals surface area contributed by atoms with E-state index in [1.165, 1.54) is 32.2 Å². The number of ether oxygens (including phenoxy) is 3. The van der Waals surface area contributed by atoms with Crippen LogP contribution >= 0.6 is 24.8 Å². The summed E-state index contributed by atoms with van der Waals surface area (Å²) in [5.41, 5.74) is 4.43. The highest BCUT2D eigenvalue weighted by Gasteiger charge is 2.49. The smallest absolute Gasteiger partial charge is 0.202 e. The first kappa shape index (κ1) is 39.7. The van der Waals surface area contributed by atoms with E-state index in [2.05, 4.69) is 5.32 Å². The molecular formula is C35H42Cl2N2O10. The van der Waals surface area contributed by atoms with Crippen LogP contribution in [0.15, 0.2) is 42.5 Å². The maximum atomic E-state index is 13.8. The third-order valence-corrected chi connectivity index (χ3v) is 9.36. The number of benzene rings is 3. The predicted molar refractivity (Wildman–Crippen MR) is 185 cm³/mol. The summed E-state index contributed by atoms with van der Waals surface area (Å²) in [6.45, 7) is 3.21. The van der Waals surface area contributed by atoms with Crippen molar-refractivity contribution in [2.45, 2.75) is 83.3 Å². The van der Waals surface area contributed by atoms with Gasteiger partial charge in [-0.3, -0.25) is 14.4 Å². The first-order chi connectivity index (χ1) is 21.9. The molecule has 0 saturated carbocycles. The third-order valence-electron chi connectivity index (χ3n) is 9.36. The van der Waals surface area contributed by atoms with Gasteiger partial charge in [0.05, 0.1) is 42.1 Å². The van der Waals surface area contributed by atoms with Crippen molar-refractivity contribution in [2.75, 3.05) is 12.8 Å². The van der Waals surface area contributed by atoms with Gasteiger partial charge in [0.25, 0.3) is 0 Å². The van der Waals surface area contributed by atoms with Crippen molar-refractivity contribution in [1.82, 2.24) is 5.32 Å². The second-order valence-electron chi connectivity index (χ2n) is 12.2. The van der Waals surface area contributed by atoms with E-state index in [9.17, 15) is 34.8 Å². The van der Waals surface area contributed by atoms with Crippen LogP contribution in [0.3, 0.4) is 0 Å². The summed E-state index contributed by atoms with van der Waals surface area (Å²) in [4.78, 5) is 40.2. The summed E-state index contributed by atoms with van der Waals surface area (Å²) in [7, 11) is 1.35. The number of nitrogens with one attached hydrogen (secondary N) is 1. The molecule has 6 rings (SSSR count). The van der Waals surface area contributed by atoms with Gasteiger partial charge in [-0.2, -0.15) is 0 Å². The van der Waals surface area contributed by atoms with Crippen LogP contribution in [0.2, 0.25) is 0 Å². The van der Waals surface area contributed by atoms with E-state index < -0.39 is 82.6 Å². The topological polar surface area (TPSA) is 198 Å². The van der Waals surface area contributed by atoms with Gasteiger partial charge in [-0.05, 0) is 31.5 Å². The molecule has 7 N–H and O–H groups in total. The SMILES string of the molecule is C.COc1cccc2c1C(=O)c1c(O)c3c(c(O)c1C2=O)C[C@@](O)(C(C)=O)CC3OC1CC(NCc2ccccc2N)C(O)C(C)O1.Cl.Cl. The van der Waals surface area contributed by atoms with Crippen LogP contribution in [0.1, 0.15) is 88.8 Å². The molecule has 3 aliphatic rings. The van der Waals surface area contributed by atoms with Crippen molar-refractivity contribution in [3.05, 3.63) is 81.4 Å². The Hall–Kier alpha value is -3.75. The first-order valence-corrected chi connectivity index (χ1v) is 15.0. The Labute approximate surface area is 296 Å². The molecule has 1 fully saturated rings. The van der Waals surface area contributed by atoms with Gasteiger partial charge in [0.2, 0.25) is 5.78 Å². The van der Waals surface area contributed by atoms with Gasteiger partial charge in [0.15, 0.2) is 17.9 Å². The second kappa shape index (κ2) is 15.0. The summed E-state index contributed by atoms with van der Waals surface area (Å²) >= 11 is 0. The third kappa shape index (κ3) is 6.74. The van der Waals surface area contributed by atoms with Gasteiger partial charge in [-0.15, -0.1) is 24.8 Å². The number of rotatable bonds is 7. The minimum atomic E-state index is -2.03. The molecule has 1 heterocycles. The quantitative estimate of drug-likeness (QED) is 0.119. The Kier molecular flexibility index (Phi) is 12.2. The lowest BCUT2D eigenvalue weighted by Crippen LogP contribution is -2.54. The molecule has 14 heteroatoms. The van der Waals surface area contributed by atoms with Crippen molar-refractivity contribution < 1.29 is 49.0 Å². The van der Waals surface area contributed by atoms with Crippen molar-refractivity contribution >= 4 is 47.9 Å². The number of halogens is 2. The fraction of sp³-hybridized carbons (Fsp3) is 0.400. The minimum absolute atomic E-state index is 0. The van der Waals surface area contributed by atoms with Crippen molar-refractivity contribution in [3.8, 4) is 17.2 Å². The number of phenolic OH excluding ortho intramolecular Hbond substituents is 2. The zero-order chi connectivity index (χ0) is 33.1. The molecular weight excluding hydrogens is 679 g/mol. The highest BCUT2D eigenvalue weighted by Crippen LogP contribution is 2.52. The standard InChI is InChI=1S/C34H36N2O10.CH4.2ClH/c1-15-29(38)21(36-14-17-7-4-5-9-20(17)35)11-24(45-15)46-23-13-34(43,16(2)37)12-19-26(23)33(42)28-27(31(19)40)30(39)18-8-6-10-22(44-3)25(18)32(28)41;;;/h4-10,15,21,23-24,29,36,38,40,42-43H,11-14,35H2,1-3H3;1H4;2*1H/t15?,21?,23?,24?,29?,34-;;;/m0.../s1. The lowest BCUT2D eigenvalue weighted by Gasteiger charge is -2.43. The van der Waals surface area contributed by atoms with Gasteiger partial charge in [0.1, 0.15) is 22.8 Å². The van der Waals surface area contributed by atoms with E-state index in [1.807, 2.05) is 18.2 Å². The number of nitrogens with two attached hydrogens (primary N) is 1. The summed E-state index contributed by atoms with van der Waals surface area (Å²) in [6, 6.07) is 11.3. The molecule has 0 spiro atoms. The van der Waals surface area contributed by atoms with Crippen molar-refractivity contribution in [3.63, 3.8) is 0 Å². The molecule has 6 atom stereocenters. The summed E-state index contributed by atoms with van der Waals surface area (Å²) in [6.07, 6.45) is -4.52. The van der Waals surface area contributed by atoms with Gasteiger partial charge >= 0.3 is 0 Å². The number of fused-ring (bicyclic) bond motifs is 3. The second-order valence-corrected chi connectivity index (χ2v) is 12.2. The maximum Gasteiger partial charge on any atom is 0.202 e. The normalized spacial score (nSPS) is 25.4. The Balaban J connectivity index is 0.00000217. The molecule has 0 bridgehead atoms. The average molecular weight is 722 g/mol. The maximum absolute atomic E-state index is 13.8. The monoisotopic (exact) mass is 720 g/mol. The Bertz CT molecular complexity index is 1770. The van der Waals surface area contributed by atoms with Crippen molar-refractivity contribution in [1.29, 1.82) is 0 Å². The van der Waals surface area contributed by atoms with Gasteiger partial charge in [0, 0.05) is 54.2 Å². The minimum Gasteiger partial charge on any atom is -0.507 e. The Morgan fingerprint density at radius 3 is 2.37 bits per heavy atom. The van der Waals surface area contributed by atoms with Crippen molar-refractivity contribution in [2.24, 2.45) is 0 Å². The number of carbonyl (C=O) groups is 3. The molecule has 49 heavy (non-hydrogen) atoms. The number of Topliss-reactive ketones (excluding diaryl/α,β-unsaturated/α-hetero) is 1. The number of ketones is 3. The predicted octanol–water partition coefficient (Wildman–Crippen LogP) is 3.92. The van der Waals surface area contributed by atoms with E-state index in [0.29, 0.717) is 12.2 Å². The highest BCUT2D eigenvalue weighted by molar-refractivity contribution is 6.31. The van der Waals surface area contributed by atoms with E-state index in [0.717, 1.165) is 5.56 Å². The van der Waals surface area contributed by atoms with Gasteiger partial charge < -0.3 is 45.7 Å². The van der Waals surface area contributed by atoms with Crippen LogP contribution in [0.5, 0.6) is 17.2 Å². The Morgan fingerprint density at radius 2 is 1.71 bits per heavy atom. The summed E-state index contributed by atoms with van der Waals surface area (Å²) < 4.78 is 17.6. The van der Waals surface area contributed by atoms with Gasteiger partial charge in [-0.1, -0.05) is 37.8 Å². The van der Waals surface area contributed by atoms with Crippen LogP contribution in [-0.4, -0.2) is 75.0 Å². The number of hydrogen-bond donors (Lipinski definition) is 6. The molecule has 0 radical (unpaired) electrons. The fourth-order valence-electron chi connectivity index (χ4n) is 6.76. The lowest BCUT2D eigenvalue weighted by atomic mass is 9.72. The van der Waals surface area contributed by atoms with E-state index in [-0.39, 0.29) is 73.1 Å². The largest absolute Gasteiger partial charge is 0.507 e. The van der Waals surface area contributed by atoms with E-state index in [1.54, 1.807) is 13.0 Å². The number of anilines is 1. The molecule has 2 aliphatic carbocycles. The molecule has 0 amide bonds. The zero-order valence-electron chi connectivity index (χ0n) is 26.4. The van der Waals surface area contributed by atoms with Crippen LogP contribution in [0.4, 0.5) is 5.69 Å². The lowest BCUT2D eigenvalue weighted by molar-refractivity contribution is -0.249. The highest BCUT2D eigenvalue weighted by atomic mass is 35.5. The van der Waals surface area contributed by atoms with Crippen LogP contribution in [-0.2, 0) is 27.2 Å². The molecule has 1 saturated heterocycles. The molecule has 5 unspecified atom stereocenters. The average Bonchev–Trinajstić information content (AvgIpc) is 3.02. The summed E-state index contributed by atoms with van der Waals surface area (Å²) in [5, 5.41) is 48.9. The molecule has 0 aromatic heterocycles. The van der Waals surface area contributed by atoms with Crippen LogP contribution < -0.4 is 15.8 Å².